The lowest BCUT2D eigenvalue weighted by Crippen LogP contribution is -2.26. The Balaban J connectivity index is 1.73. The Morgan fingerprint density at radius 3 is 3.08 bits per heavy atom. The van der Waals surface area contributed by atoms with Crippen molar-refractivity contribution in [3.63, 3.8) is 0 Å². The van der Waals surface area contributed by atoms with Gasteiger partial charge in [0, 0.05) is 17.8 Å². The van der Waals surface area contributed by atoms with Gasteiger partial charge in [-0.1, -0.05) is 0 Å². The van der Waals surface area contributed by atoms with Gasteiger partial charge in [-0.15, -0.1) is 0 Å². The normalized spacial score (nSPS) is 14.3. The van der Waals surface area contributed by atoms with Crippen molar-refractivity contribution in [3.8, 4) is 11.3 Å². The average molecular weight is 319 g/mol. The number of imidazole rings is 1. The SMILES string of the molecule is O=C(NC1CC1)c1nc2cccnn2c1-c1ccc2ocnc2c1. The lowest BCUT2D eigenvalue weighted by molar-refractivity contribution is 0.0947. The molecule has 0 radical (unpaired) electrons. The summed E-state index contributed by atoms with van der Waals surface area (Å²) in [5, 5.41) is 7.35. The highest BCUT2D eigenvalue weighted by Gasteiger charge is 2.28. The Labute approximate surface area is 136 Å². The molecule has 0 aliphatic heterocycles. The Morgan fingerprint density at radius 1 is 1.29 bits per heavy atom. The van der Waals surface area contributed by atoms with E-state index in [-0.39, 0.29) is 11.9 Å². The van der Waals surface area contributed by atoms with Crippen LogP contribution in [0.15, 0.2) is 47.3 Å². The molecular formula is C17H13N5O2. The number of hydrogen-bond acceptors (Lipinski definition) is 5. The molecule has 0 bridgehead atoms. The number of oxazole rings is 1. The fraction of sp³-hybridized carbons (Fsp3) is 0.176. The van der Waals surface area contributed by atoms with Crippen LogP contribution in [0.2, 0.25) is 0 Å². The summed E-state index contributed by atoms with van der Waals surface area (Å²) in [6.07, 6.45) is 5.13. The fourth-order valence-corrected chi connectivity index (χ4v) is 2.79. The van der Waals surface area contributed by atoms with E-state index in [2.05, 4.69) is 20.4 Å². The van der Waals surface area contributed by atoms with Crippen LogP contribution >= 0.6 is 0 Å². The summed E-state index contributed by atoms with van der Waals surface area (Å²) in [6, 6.07) is 9.50. The molecular weight excluding hydrogens is 306 g/mol. The second-order valence-corrected chi connectivity index (χ2v) is 5.89. The number of carbonyl (C=O) groups excluding carboxylic acids is 1. The van der Waals surface area contributed by atoms with E-state index in [1.807, 2.05) is 24.3 Å². The molecule has 0 atom stereocenters. The third-order valence-electron chi connectivity index (χ3n) is 4.12. The molecule has 5 rings (SSSR count). The molecule has 1 N–H and O–H groups in total. The Morgan fingerprint density at radius 2 is 2.21 bits per heavy atom. The van der Waals surface area contributed by atoms with Gasteiger partial charge in [-0.2, -0.15) is 5.10 Å². The highest BCUT2D eigenvalue weighted by atomic mass is 16.3. The number of aromatic nitrogens is 4. The minimum absolute atomic E-state index is 0.168. The molecule has 24 heavy (non-hydrogen) atoms. The van der Waals surface area contributed by atoms with Gasteiger partial charge >= 0.3 is 0 Å². The number of rotatable bonds is 3. The van der Waals surface area contributed by atoms with Crippen LogP contribution in [0.4, 0.5) is 0 Å². The van der Waals surface area contributed by atoms with E-state index in [1.54, 1.807) is 16.8 Å². The molecule has 7 heteroatoms. The standard InChI is InChI=1S/C17H13N5O2/c23-17(20-11-4-5-11)15-16(22-14(21-15)2-1-7-19-22)10-3-6-13-12(8-10)18-9-24-13/h1-3,6-9,11H,4-5H2,(H,20,23). The molecule has 0 saturated heterocycles. The number of hydrogen-bond donors (Lipinski definition) is 1. The van der Waals surface area contributed by atoms with E-state index in [0.717, 1.165) is 23.9 Å². The van der Waals surface area contributed by atoms with Crippen molar-refractivity contribution in [3.05, 3.63) is 48.6 Å². The van der Waals surface area contributed by atoms with E-state index in [9.17, 15) is 4.79 Å². The van der Waals surface area contributed by atoms with Crippen LogP contribution in [0.25, 0.3) is 28.0 Å². The maximum atomic E-state index is 12.6. The first kappa shape index (κ1) is 13.2. The van der Waals surface area contributed by atoms with Crippen molar-refractivity contribution < 1.29 is 9.21 Å². The Bertz CT molecular complexity index is 1080. The van der Waals surface area contributed by atoms with Gasteiger partial charge in [0.25, 0.3) is 5.91 Å². The van der Waals surface area contributed by atoms with Crippen molar-refractivity contribution in [2.24, 2.45) is 0 Å². The van der Waals surface area contributed by atoms with Gasteiger partial charge in [-0.3, -0.25) is 4.79 Å². The van der Waals surface area contributed by atoms with Crippen LogP contribution in [0.5, 0.6) is 0 Å². The maximum absolute atomic E-state index is 12.6. The largest absolute Gasteiger partial charge is 0.443 e. The van der Waals surface area contributed by atoms with Gasteiger partial charge < -0.3 is 9.73 Å². The molecule has 118 valence electrons. The van der Waals surface area contributed by atoms with Crippen molar-refractivity contribution in [1.29, 1.82) is 0 Å². The van der Waals surface area contributed by atoms with Crippen LogP contribution in [-0.2, 0) is 0 Å². The van der Waals surface area contributed by atoms with Crippen molar-refractivity contribution in [2.45, 2.75) is 18.9 Å². The summed E-state index contributed by atoms with van der Waals surface area (Å²) in [5.41, 5.74) is 3.92. The zero-order chi connectivity index (χ0) is 16.1. The molecule has 0 spiro atoms. The fourth-order valence-electron chi connectivity index (χ4n) is 2.79. The Hall–Kier alpha value is -3.22. The van der Waals surface area contributed by atoms with Gasteiger partial charge in [0.05, 0.1) is 0 Å². The van der Waals surface area contributed by atoms with E-state index in [1.165, 1.54) is 6.39 Å². The third kappa shape index (κ3) is 2.05. The molecule has 0 unspecified atom stereocenters. The Kier molecular flexibility index (Phi) is 2.70. The zero-order valence-electron chi connectivity index (χ0n) is 12.6. The van der Waals surface area contributed by atoms with Crippen LogP contribution in [-0.4, -0.2) is 31.5 Å². The first-order valence-corrected chi connectivity index (χ1v) is 7.78. The molecule has 3 heterocycles. The van der Waals surface area contributed by atoms with Crippen molar-refractivity contribution in [1.82, 2.24) is 24.9 Å². The predicted octanol–water partition coefficient (Wildman–Crippen LogP) is 2.43. The van der Waals surface area contributed by atoms with E-state index < -0.39 is 0 Å². The minimum atomic E-state index is -0.168. The molecule has 1 aliphatic rings. The molecule has 4 aromatic rings. The predicted molar refractivity (Wildman–Crippen MR) is 86.5 cm³/mol. The second-order valence-electron chi connectivity index (χ2n) is 5.89. The highest BCUT2D eigenvalue weighted by Crippen LogP contribution is 2.28. The minimum Gasteiger partial charge on any atom is -0.443 e. The van der Waals surface area contributed by atoms with Gasteiger partial charge in [0.2, 0.25) is 0 Å². The lowest BCUT2D eigenvalue weighted by Gasteiger charge is -2.05. The van der Waals surface area contributed by atoms with E-state index in [4.69, 9.17) is 4.42 Å². The third-order valence-corrected chi connectivity index (χ3v) is 4.12. The number of amides is 1. The molecule has 7 nitrogen and oxygen atoms in total. The van der Waals surface area contributed by atoms with Gasteiger partial charge in [0.1, 0.15) is 11.2 Å². The summed E-state index contributed by atoms with van der Waals surface area (Å²) in [7, 11) is 0. The van der Waals surface area contributed by atoms with Gasteiger partial charge in [0.15, 0.2) is 23.3 Å². The van der Waals surface area contributed by atoms with Crippen LogP contribution < -0.4 is 5.32 Å². The van der Waals surface area contributed by atoms with E-state index in [0.29, 0.717) is 22.6 Å². The second kappa shape index (κ2) is 4.89. The highest BCUT2D eigenvalue weighted by molar-refractivity contribution is 6.00. The maximum Gasteiger partial charge on any atom is 0.272 e. The zero-order valence-corrected chi connectivity index (χ0v) is 12.6. The summed E-state index contributed by atoms with van der Waals surface area (Å²) in [4.78, 5) is 21.3. The lowest BCUT2D eigenvalue weighted by atomic mass is 10.1. The number of nitrogens with one attached hydrogen (secondary N) is 1. The molecule has 3 aromatic heterocycles. The molecule has 1 saturated carbocycles. The summed E-state index contributed by atoms with van der Waals surface area (Å²) in [6.45, 7) is 0. The van der Waals surface area contributed by atoms with Crippen molar-refractivity contribution >= 4 is 22.7 Å². The smallest absolute Gasteiger partial charge is 0.272 e. The summed E-state index contributed by atoms with van der Waals surface area (Å²) < 4.78 is 6.97. The van der Waals surface area contributed by atoms with Gasteiger partial charge in [-0.25, -0.2) is 14.5 Å². The molecule has 1 fully saturated rings. The van der Waals surface area contributed by atoms with Crippen LogP contribution in [0, 0.1) is 0 Å². The number of benzene rings is 1. The first-order chi connectivity index (χ1) is 11.8. The molecule has 1 amide bonds. The van der Waals surface area contributed by atoms with Crippen molar-refractivity contribution in [2.75, 3.05) is 0 Å². The average Bonchev–Trinajstić information content (AvgIpc) is 3.15. The summed E-state index contributed by atoms with van der Waals surface area (Å²) >= 11 is 0. The van der Waals surface area contributed by atoms with Crippen LogP contribution in [0.3, 0.4) is 0 Å². The summed E-state index contributed by atoms with van der Waals surface area (Å²) in [5.74, 6) is -0.168. The van der Waals surface area contributed by atoms with Gasteiger partial charge in [-0.05, 0) is 43.2 Å². The molecule has 1 aromatic carbocycles. The molecule has 1 aliphatic carbocycles. The first-order valence-electron chi connectivity index (χ1n) is 7.78. The van der Waals surface area contributed by atoms with Crippen LogP contribution in [0.1, 0.15) is 23.3 Å². The quantitative estimate of drug-likeness (QED) is 0.627. The van der Waals surface area contributed by atoms with E-state index >= 15 is 0 Å². The number of nitrogens with zero attached hydrogens (tertiary/aromatic N) is 4. The number of carbonyl (C=O) groups is 1. The number of fused-ring (bicyclic) bond motifs is 2. The monoisotopic (exact) mass is 319 g/mol. The topological polar surface area (TPSA) is 85.3 Å².